The molecular formula is C18H30ClNO2. The van der Waals surface area contributed by atoms with E-state index in [0.717, 1.165) is 43.7 Å². The molecule has 1 aliphatic heterocycles. The van der Waals surface area contributed by atoms with Gasteiger partial charge in [-0.3, -0.25) is 4.79 Å². The van der Waals surface area contributed by atoms with Crippen molar-refractivity contribution in [1.82, 2.24) is 4.90 Å². The van der Waals surface area contributed by atoms with Crippen LogP contribution in [0.15, 0.2) is 0 Å². The molecule has 3 nitrogen and oxygen atoms in total. The minimum absolute atomic E-state index is 0. The van der Waals surface area contributed by atoms with E-state index in [1.165, 1.54) is 51.5 Å². The fraction of sp³-hybridized carbons (Fsp3) is 0.944. The number of aliphatic carboxylic acids is 1. The number of rotatable bonds is 4. The highest BCUT2D eigenvalue weighted by Crippen LogP contribution is 2.61. The van der Waals surface area contributed by atoms with E-state index in [9.17, 15) is 4.79 Å². The smallest absolute Gasteiger partial charge is 0.306 e. The maximum Gasteiger partial charge on any atom is 0.306 e. The third-order valence-corrected chi connectivity index (χ3v) is 7.06. The molecule has 22 heavy (non-hydrogen) atoms. The molecular weight excluding hydrogens is 298 g/mol. The third-order valence-electron chi connectivity index (χ3n) is 7.06. The lowest BCUT2D eigenvalue weighted by atomic mass is 9.49. The van der Waals surface area contributed by atoms with Crippen LogP contribution in [0.2, 0.25) is 0 Å². The Kier molecular flexibility index (Phi) is 4.76. The van der Waals surface area contributed by atoms with Gasteiger partial charge in [0.25, 0.3) is 0 Å². The molecule has 4 saturated carbocycles. The first-order valence-electron chi connectivity index (χ1n) is 9.07. The van der Waals surface area contributed by atoms with Gasteiger partial charge in [0.05, 0.1) is 5.92 Å². The minimum atomic E-state index is -0.587. The number of nitrogens with zero attached hydrogens (tertiary/aromatic N) is 1. The molecule has 5 aliphatic rings. The fourth-order valence-electron chi connectivity index (χ4n) is 6.39. The van der Waals surface area contributed by atoms with Crippen LogP contribution in [0.3, 0.4) is 0 Å². The van der Waals surface area contributed by atoms with Gasteiger partial charge in [0, 0.05) is 0 Å². The summed E-state index contributed by atoms with van der Waals surface area (Å²) in [5.41, 5.74) is 0.679. The van der Waals surface area contributed by atoms with Crippen LogP contribution in [-0.2, 0) is 4.79 Å². The average molecular weight is 328 g/mol. The van der Waals surface area contributed by atoms with Crippen LogP contribution in [-0.4, -0.2) is 35.6 Å². The quantitative estimate of drug-likeness (QED) is 0.853. The highest BCUT2D eigenvalue weighted by molar-refractivity contribution is 5.85. The Morgan fingerprint density at radius 1 is 1.00 bits per heavy atom. The SMILES string of the molecule is Cl.O=C(O)C1CCN(CCC23CC4CC(CC(C4)C2)C3)CC1. The van der Waals surface area contributed by atoms with Crippen molar-refractivity contribution in [2.24, 2.45) is 29.1 Å². The van der Waals surface area contributed by atoms with Crippen molar-refractivity contribution >= 4 is 18.4 Å². The molecule has 0 spiro atoms. The van der Waals surface area contributed by atoms with Crippen molar-refractivity contribution in [3.63, 3.8) is 0 Å². The number of hydrogen-bond acceptors (Lipinski definition) is 2. The molecule has 1 N–H and O–H groups in total. The number of hydrogen-bond donors (Lipinski definition) is 1. The molecule has 0 aromatic carbocycles. The van der Waals surface area contributed by atoms with E-state index in [4.69, 9.17) is 5.11 Å². The zero-order chi connectivity index (χ0) is 14.4. The van der Waals surface area contributed by atoms with Crippen LogP contribution >= 0.6 is 12.4 Å². The minimum Gasteiger partial charge on any atom is -0.481 e. The van der Waals surface area contributed by atoms with Crippen LogP contribution in [0.5, 0.6) is 0 Å². The highest BCUT2D eigenvalue weighted by atomic mass is 35.5. The van der Waals surface area contributed by atoms with Crippen LogP contribution in [0.1, 0.15) is 57.8 Å². The van der Waals surface area contributed by atoms with E-state index in [1.54, 1.807) is 0 Å². The molecule has 5 fully saturated rings. The number of carboxylic acid groups (broad SMARTS) is 1. The maximum atomic E-state index is 11.0. The first-order chi connectivity index (χ1) is 10.1. The highest BCUT2D eigenvalue weighted by Gasteiger charge is 2.50. The van der Waals surface area contributed by atoms with E-state index in [2.05, 4.69) is 4.90 Å². The summed E-state index contributed by atoms with van der Waals surface area (Å²) < 4.78 is 0. The molecule has 4 bridgehead atoms. The standard InChI is InChI=1S/C18H29NO2.ClH/c20-17(21)16-1-4-19(5-2-16)6-3-18-10-13-7-14(11-18)9-15(8-13)12-18;/h13-16H,1-12H2,(H,20,21);1H. The Bertz CT molecular complexity index is 382. The largest absolute Gasteiger partial charge is 0.481 e. The van der Waals surface area contributed by atoms with Gasteiger partial charge in [-0.15, -0.1) is 12.4 Å². The van der Waals surface area contributed by atoms with Crippen LogP contribution < -0.4 is 0 Å². The Hall–Kier alpha value is -0.280. The Morgan fingerprint density at radius 3 is 1.95 bits per heavy atom. The van der Waals surface area contributed by atoms with Gasteiger partial charge in [0.15, 0.2) is 0 Å². The zero-order valence-electron chi connectivity index (χ0n) is 13.5. The molecule has 1 heterocycles. The predicted octanol–water partition coefficient (Wildman–Crippen LogP) is 3.81. The Balaban J connectivity index is 0.00000144. The van der Waals surface area contributed by atoms with Gasteiger partial charge in [-0.05, 0) is 101 Å². The van der Waals surface area contributed by atoms with Crippen molar-refractivity contribution in [2.45, 2.75) is 57.8 Å². The molecule has 5 rings (SSSR count). The normalized spacial score (nSPS) is 41.4. The van der Waals surface area contributed by atoms with Gasteiger partial charge >= 0.3 is 5.97 Å². The van der Waals surface area contributed by atoms with Gasteiger partial charge in [-0.2, -0.15) is 0 Å². The van der Waals surface area contributed by atoms with Crippen molar-refractivity contribution in [1.29, 1.82) is 0 Å². The first kappa shape index (κ1) is 16.6. The van der Waals surface area contributed by atoms with Crippen LogP contribution in [0.25, 0.3) is 0 Å². The first-order valence-corrected chi connectivity index (χ1v) is 9.07. The van der Waals surface area contributed by atoms with E-state index in [-0.39, 0.29) is 18.3 Å². The van der Waals surface area contributed by atoms with Gasteiger partial charge in [-0.1, -0.05) is 0 Å². The van der Waals surface area contributed by atoms with Gasteiger partial charge < -0.3 is 10.0 Å². The number of carbonyl (C=O) groups is 1. The molecule has 0 amide bonds. The Labute approximate surface area is 140 Å². The lowest BCUT2D eigenvalue weighted by molar-refractivity contribution is -0.143. The molecule has 0 radical (unpaired) electrons. The summed E-state index contributed by atoms with van der Waals surface area (Å²) in [4.78, 5) is 13.6. The molecule has 4 aliphatic carbocycles. The second-order valence-electron chi connectivity index (χ2n) is 8.62. The van der Waals surface area contributed by atoms with Crippen LogP contribution in [0, 0.1) is 29.1 Å². The average Bonchev–Trinajstić information content (AvgIpc) is 2.44. The molecule has 126 valence electrons. The van der Waals surface area contributed by atoms with E-state index in [1.807, 2.05) is 0 Å². The topological polar surface area (TPSA) is 40.5 Å². The fourth-order valence-corrected chi connectivity index (χ4v) is 6.39. The second kappa shape index (κ2) is 6.32. The summed E-state index contributed by atoms with van der Waals surface area (Å²) in [6.45, 7) is 3.23. The van der Waals surface area contributed by atoms with E-state index in [0.29, 0.717) is 5.41 Å². The lowest BCUT2D eigenvalue weighted by Crippen LogP contribution is -2.47. The molecule has 0 aromatic rings. The van der Waals surface area contributed by atoms with Crippen LogP contribution in [0.4, 0.5) is 0 Å². The van der Waals surface area contributed by atoms with Gasteiger partial charge in [-0.25, -0.2) is 0 Å². The molecule has 0 atom stereocenters. The lowest BCUT2D eigenvalue weighted by Gasteiger charge is -2.57. The molecule has 0 unspecified atom stereocenters. The monoisotopic (exact) mass is 327 g/mol. The van der Waals surface area contributed by atoms with Crippen molar-refractivity contribution in [3.8, 4) is 0 Å². The number of halogens is 1. The maximum absolute atomic E-state index is 11.0. The Morgan fingerprint density at radius 2 is 1.50 bits per heavy atom. The summed E-state index contributed by atoms with van der Waals surface area (Å²) in [5, 5.41) is 9.09. The van der Waals surface area contributed by atoms with Crippen molar-refractivity contribution < 1.29 is 9.90 Å². The summed E-state index contributed by atoms with van der Waals surface area (Å²) in [6, 6.07) is 0. The molecule has 4 heteroatoms. The summed E-state index contributed by atoms with van der Waals surface area (Å²) in [5.74, 6) is 2.48. The summed E-state index contributed by atoms with van der Waals surface area (Å²) in [6.07, 6.45) is 12.2. The van der Waals surface area contributed by atoms with Gasteiger partial charge in [0.1, 0.15) is 0 Å². The third kappa shape index (κ3) is 3.17. The zero-order valence-corrected chi connectivity index (χ0v) is 14.3. The second-order valence-corrected chi connectivity index (χ2v) is 8.62. The number of piperidine rings is 1. The molecule has 1 saturated heterocycles. The van der Waals surface area contributed by atoms with E-state index >= 15 is 0 Å². The van der Waals surface area contributed by atoms with E-state index < -0.39 is 5.97 Å². The summed E-state index contributed by atoms with van der Waals surface area (Å²) >= 11 is 0. The number of likely N-dealkylation sites (tertiary alicyclic amines) is 1. The molecule has 0 aromatic heterocycles. The predicted molar refractivity (Wildman–Crippen MR) is 89.3 cm³/mol. The van der Waals surface area contributed by atoms with Crippen molar-refractivity contribution in [3.05, 3.63) is 0 Å². The van der Waals surface area contributed by atoms with Crippen molar-refractivity contribution in [2.75, 3.05) is 19.6 Å². The summed E-state index contributed by atoms with van der Waals surface area (Å²) in [7, 11) is 0. The number of carboxylic acids is 1. The van der Waals surface area contributed by atoms with Gasteiger partial charge in [0.2, 0.25) is 0 Å².